The van der Waals surface area contributed by atoms with Gasteiger partial charge in [-0.15, -0.1) is 0 Å². The summed E-state index contributed by atoms with van der Waals surface area (Å²) in [6.07, 6.45) is -0.807. The standard InChI is InChI=1S/C20H21N3O3/c21-15-12-23(11-14(15)13-6-2-1-3-7-13)19(24)10-18-20(25)22-16-8-4-5-9-17(16)26-18/h1-9,14-15,18H,10-12,21H2,(H,22,25)/t14-,15+,18?/m0/s1. The number of likely N-dealkylation sites (tertiary alicyclic amines) is 1. The maximum absolute atomic E-state index is 12.7. The van der Waals surface area contributed by atoms with Gasteiger partial charge in [0.05, 0.1) is 12.1 Å². The Hall–Kier alpha value is -2.86. The number of hydrogen-bond acceptors (Lipinski definition) is 4. The van der Waals surface area contributed by atoms with E-state index in [2.05, 4.69) is 5.32 Å². The summed E-state index contributed by atoms with van der Waals surface area (Å²) < 4.78 is 5.72. The highest BCUT2D eigenvalue weighted by atomic mass is 16.5. The summed E-state index contributed by atoms with van der Waals surface area (Å²) in [6, 6.07) is 17.1. The Kier molecular flexibility index (Phi) is 4.34. The van der Waals surface area contributed by atoms with Crippen LogP contribution in [0.25, 0.3) is 0 Å². The van der Waals surface area contributed by atoms with Gasteiger partial charge in [-0.25, -0.2) is 0 Å². The fourth-order valence-corrected chi connectivity index (χ4v) is 3.60. The van der Waals surface area contributed by atoms with Crippen LogP contribution in [0, 0.1) is 0 Å². The minimum absolute atomic E-state index is 0.00833. The zero-order valence-corrected chi connectivity index (χ0v) is 14.3. The van der Waals surface area contributed by atoms with E-state index >= 15 is 0 Å². The number of anilines is 1. The van der Waals surface area contributed by atoms with Crippen molar-refractivity contribution in [2.45, 2.75) is 24.5 Å². The van der Waals surface area contributed by atoms with Gasteiger partial charge in [-0.3, -0.25) is 9.59 Å². The van der Waals surface area contributed by atoms with Gasteiger partial charge in [0.1, 0.15) is 5.75 Å². The van der Waals surface area contributed by atoms with E-state index in [-0.39, 0.29) is 30.2 Å². The van der Waals surface area contributed by atoms with Crippen molar-refractivity contribution >= 4 is 17.5 Å². The third-order valence-electron chi connectivity index (χ3n) is 5.01. The first-order chi connectivity index (χ1) is 12.6. The molecule has 0 aliphatic carbocycles. The summed E-state index contributed by atoms with van der Waals surface area (Å²) in [5.41, 5.74) is 8.03. The number of nitrogens with zero attached hydrogens (tertiary/aromatic N) is 1. The van der Waals surface area contributed by atoms with Gasteiger partial charge in [-0.2, -0.15) is 0 Å². The zero-order valence-electron chi connectivity index (χ0n) is 14.3. The quantitative estimate of drug-likeness (QED) is 0.882. The lowest BCUT2D eigenvalue weighted by Gasteiger charge is -2.27. The molecule has 6 nitrogen and oxygen atoms in total. The number of para-hydroxylation sites is 2. The Morgan fingerprint density at radius 2 is 1.85 bits per heavy atom. The number of hydrogen-bond donors (Lipinski definition) is 2. The van der Waals surface area contributed by atoms with Crippen LogP contribution in [0.5, 0.6) is 5.75 Å². The van der Waals surface area contributed by atoms with Gasteiger partial charge < -0.3 is 20.7 Å². The third-order valence-corrected chi connectivity index (χ3v) is 5.01. The molecule has 4 rings (SSSR count). The molecule has 2 aromatic rings. The van der Waals surface area contributed by atoms with Gasteiger partial charge in [0.2, 0.25) is 5.91 Å². The van der Waals surface area contributed by atoms with E-state index in [4.69, 9.17) is 10.5 Å². The lowest BCUT2D eigenvalue weighted by Crippen LogP contribution is -2.42. The molecule has 134 valence electrons. The Morgan fingerprint density at radius 1 is 1.12 bits per heavy atom. The molecule has 2 aliphatic heterocycles. The average molecular weight is 351 g/mol. The van der Waals surface area contributed by atoms with Crippen LogP contribution in [0.2, 0.25) is 0 Å². The van der Waals surface area contributed by atoms with E-state index in [0.717, 1.165) is 5.56 Å². The largest absolute Gasteiger partial charge is 0.478 e. The molecule has 1 fully saturated rings. The molecule has 0 aromatic heterocycles. The highest BCUT2D eigenvalue weighted by Gasteiger charge is 2.37. The van der Waals surface area contributed by atoms with Crippen molar-refractivity contribution in [3.05, 3.63) is 60.2 Å². The second-order valence-electron chi connectivity index (χ2n) is 6.78. The summed E-state index contributed by atoms with van der Waals surface area (Å²) in [7, 11) is 0. The van der Waals surface area contributed by atoms with E-state index in [1.54, 1.807) is 17.0 Å². The molecular weight excluding hydrogens is 330 g/mol. The van der Waals surface area contributed by atoms with Gasteiger partial charge >= 0.3 is 0 Å². The van der Waals surface area contributed by atoms with Gasteiger partial charge in [0, 0.05) is 25.0 Å². The number of rotatable bonds is 3. The van der Waals surface area contributed by atoms with Crippen LogP contribution >= 0.6 is 0 Å². The summed E-state index contributed by atoms with van der Waals surface area (Å²) in [6.45, 7) is 1.05. The minimum atomic E-state index is -0.815. The van der Waals surface area contributed by atoms with Crippen molar-refractivity contribution in [2.75, 3.05) is 18.4 Å². The highest BCUT2D eigenvalue weighted by molar-refractivity contribution is 6.00. The third kappa shape index (κ3) is 3.15. The van der Waals surface area contributed by atoms with Crippen molar-refractivity contribution in [3.63, 3.8) is 0 Å². The van der Waals surface area contributed by atoms with Gasteiger partial charge in [0.15, 0.2) is 6.10 Å². The summed E-state index contributed by atoms with van der Waals surface area (Å²) in [4.78, 5) is 26.7. The average Bonchev–Trinajstić information content (AvgIpc) is 3.05. The molecule has 2 heterocycles. The molecule has 26 heavy (non-hydrogen) atoms. The molecule has 0 radical (unpaired) electrons. The predicted molar refractivity (Wildman–Crippen MR) is 97.8 cm³/mol. The molecule has 0 bridgehead atoms. The fraction of sp³-hybridized carbons (Fsp3) is 0.300. The minimum Gasteiger partial charge on any atom is -0.478 e. The van der Waals surface area contributed by atoms with Crippen LogP contribution in [0.3, 0.4) is 0 Å². The van der Waals surface area contributed by atoms with E-state index in [1.807, 2.05) is 42.5 Å². The zero-order chi connectivity index (χ0) is 18.1. The summed E-state index contributed by atoms with van der Waals surface area (Å²) >= 11 is 0. The fourth-order valence-electron chi connectivity index (χ4n) is 3.60. The van der Waals surface area contributed by atoms with Crippen molar-refractivity contribution in [1.82, 2.24) is 4.90 Å². The first-order valence-electron chi connectivity index (χ1n) is 8.76. The number of amides is 2. The molecule has 0 spiro atoms. The van der Waals surface area contributed by atoms with Gasteiger partial charge in [-0.05, 0) is 17.7 Å². The Labute approximate surface area is 151 Å². The lowest BCUT2D eigenvalue weighted by atomic mass is 9.95. The smallest absolute Gasteiger partial charge is 0.266 e. The maximum atomic E-state index is 12.7. The first-order valence-corrected chi connectivity index (χ1v) is 8.76. The SMILES string of the molecule is N[C@@H]1CN(C(=O)CC2Oc3ccccc3NC2=O)C[C@H]1c1ccccc1. The number of carbonyl (C=O) groups is 2. The van der Waals surface area contributed by atoms with Crippen molar-refractivity contribution < 1.29 is 14.3 Å². The van der Waals surface area contributed by atoms with E-state index in [9.17, 15) is 9.59 Å². The van der Waals surface area contributed by atoms with Gasteiger partial charge in [0.25, 0.3) is 5.91 Å². The molecule has 2 aliphatic rings. The lowest BCUT2D eigenvalue weighted by molar-refractivity contribution is -0.136. The molecule has 1 saturated heterocycles. The van der Waals surface area contributed by atoms with Crippen LogP contribution in [0.15, 0.2) is 54.6 Å². The van der Waals surface area contributed by atoms with Crippen LogP contribution in [0.1, 0.15) is 17.9 Å². The van der Waals surface area contributed by atoms with E-state index < -0.39 is 6.10 Å². The number of fused-ring (bicyclic) bond motifs is 1. The second-order valence-corrected chi connectivity index (χ2v) is 6.78. The number of nitrogens with one attached hydrogen (secondary N) is 1. The van der Waals surface area contributed by atoms with Gasteiger partial charge in [-0.1, -0.05) is 42.5 Å². The Balaban J connectivity index is 1.42. The van der Waals surface area contributed by atoms with Crippen LogP contribution < -0.4 is 15.8 Å². The summed E-state index contributed by atoms with van der Waals surface area (Å²) in [5.74, 6) is 0.297. The van der Waals surface area contributed by atoms with Crippen LogP contribution in [0.4, 0.5) is 5.69 Å². The Bertz CT molecular complexity index is 824. The van der Waals surface area contributed by atoms with Crippen LogP contribution in [-0.2, 0) is 9.59 Å². The maximum Gasteiger partial charge on any atom is 0.266 e. The predicted octanol–water partition coefficient (Wildman–Crippen LogP) is 1.73. The Morgan fingerprint density at radius 3 is 2.65 bits per heavy atom. The van der Waals surface area contributed by atoms with Crippen molar-refractivity contribution in [1.29, 1.82) is 0 Å². The molecule has 1 unspecified atom stereocenters. The first kappa shape index (κ1) is 16.6. The molecule has 3 N–H and O–H groups in total. The van der Waals surface area contributed by atoms with Crippen molar-refractivity contribution in [3.8, 4) is 5.75 Å². The monoisotopic (exact) mass is 351 g/mol. The van der Waals surface area contributed by atoms with E-state index in [1.165, 1.54) is 0 Å². The number of benzene rings is 2. The number of nitrogens with two attached hydrogens (primary N) is 1. The normalized spacial score (nSPS) is 24.6. The van der Waals surface area contributed by atoms with Crippen molar-refractivity contribution in [2.24, 2.45) is 5.73 Å². The van der Waals surface area contributed by atoms with E-state index in [0.29, 0.717) is 24.5 Å². The number of ether oxygens (including phenoxy) is 1. The molecule has 6 heteroatoms. The highest BCUT2D eigenvalue weighted by Crippen LogP contribution is 2.31. The molecule has 0 saturated carbocycles. The molecule has 3 atom stereocenters. The summed E-state index contributed by atoms with van der Waals surface area (Å²) in [5, 5.41) is 2.79. The number of carbonyl (C=O) groups excluding carboxylic acids is 2. The molecule has 2 aromatic carbocycles. The van der Waals surface area contributed by atoms with Crippen LogP contribution in [-0.4, -0.2) is 41.9 Å². The second kappa shape index (κ2) is 6.80. The molecular formula is C20H21N3O3. The molecule has 2 amide bonds. The topological polar surface area (TPSA) is 84.7 Å².